The largest absolute Gasteiger partial charge is 0.483 e. The van der Waals surface area contributed by atoms with Gasteiger partial charge in [0.05, 0.1) is 12.2 Å². The third-order valence-electron chi connectivity index (χ3n) is 3.31. The maximum absolute atomic E-state index is 13.6. The highest BCUT2D eigenvalue weighted by atomic mass is 19.1. The number of nitriles is 1. The Balaban J connectivity index is 2.17. The molecule has 0 amide bonds. The summed E-state index contributed by atoms with van der Waals surface area (Å²) in [7, 11) is 0. The Morgan fingerprint density at radius 3 is 2.96 bits per heavy atom. The van der Waals surface area contributed by atoms with E-state index in [1.54, 1.807) is 13.0 Å². The molecule has 2 N–H and O–H groups in total. The first-order valence-corrected chi connectivity index (χ1v) is 7.24. The molecule has 122 valence electrons. The summed E-state index contributed by atoms with van der Waals surface area (Å²) in [6.45, 7) is 2.72. The second-order valence-corrected chi connectivity index (χ2v) is 5.00. The Bertz CT molecular complexity index is 668. The zero-order chi connectivity index (χ0) is 16.7. The normalized spacial score (nSPS) is 11.9. The van der Waals surface area contributed by atoms with Gasteiger partial charge in [0.2, 0.25) is 0 Å². The summed E-state index contributed by atoms with van der Waals surface area (Å²) in [6, 6.07) is 6.28. The van der Waals surface area contributed by atoms with Gasteiger partial charge in [-0.3, -0.25) is 0 Å². The number of aliphatic hydroxyl groups is 1. The Labute approximate surface area is 133 Å². The lowest BCUT2D eigenvalue weighted by atomic mass is 10.1. The molecule has 2 rings (SSSR count). The molecule has 0 saturated heterocycles. The summed E-state index contributed by atoms with van der Waals surface area (Å²) in [5, 5.41) is 24.9. The van der Waals surface area contributed by atoms with Crippen molar-refractivity contribution in [2.45, 2.75) is 19.4 Å². The molecule has 2 aromatic rings. The quantitative estimate of drug-likeness (QED) is 0.724. The van der Waals surface area contributed by atoms with E-state index in [0.717, 1.165) is 6.07 Å². The van der Waals surface area contributed by atoms with E-state index in [-0.39, 0.29) is 12.2 Å². The van der Waals surface area contributed by atoms with Crippen LogP contribution in [0.15, 0.2) is 29.0 Å². The summed E-state index contributed by atoms with van der Waals surface area (Å²) in [4.78, 5) is 0. The van der Waals surface area contributed by atoms with Gasteiger partial charge in [-0.15, -0.1) is 0 Å². The molecule has 1 atom stereocenters. The number of nitrogens with one attached hydrogen (secondary N) is 1. The number of rotatable bonds is 8. The van der Waals surface area contributed by atoms with E-state index in [1.165, 1.54) is 12.3 Å². The predicted octanol–water partition coefficient (Wildman–Crippen LogP) is 2.09. The maximum Gasteiger partial charge on any atom is 0.145 e. The van der Waals surface area contributed by atoms with Gasteiger partial charge in [0.25, 0.3) is 0 Å². The van der Waals surface area contributed by atoms with Crippen LogP contribution >= 0.6 is 0 Å². The van der Waals surface area contributed by atoms with E-state index in [0.29, 0.717) is 36.5 Å². The number of nitrogens with zero attached hydrogens (tertiary/aromatic N) is 2. The molecule has 0 radical (unpaired) electrons. The molecule has 6 nitrogen and oxygen atoms in total. The van der Waals surface area contributed by atoms with Crippen LogP contribution in [0.25, 0.3) is 0 Å². The van der Waals surface area contributed by atoms with E-state index < -0.39 is 11.9 Å². The van der Waals surface area contributed by atoms with Gasteiger partial charge in [0.15, 0.2) is 0 Å². The monoisotopic (exact) mass is 319 g/mol. The minimum atomic E-state index is -0.448. The molecule has 0 unspecified atom stereocenters. The molecule has 0 spiro atoms. The van der Waals surface area contributed by atoms with Crippen LogP contribution in [0.5, 0.6) is 5.75 Å². The molecule has 1 aromatic carbocycles. The molecule has 0 saturated carbocycles. The maximum atomic E-state index is 13.6. The van der Waals surface area contributed by atoms with Crippen molar-refractivity contribution in [3.8, 4) is 11.8 Å². The zero-order valence-corrected chi connectivity index (χ0v) is 12.8. The molecular formula is C16H18FN3O3. The summed E-state index contributed by atoms with van der Waals surface area (Å²) in [6.07, 6.45) is 1.54. The molecule has 0 bridgehead atoms. The standard InChI is InChI=1S/C16H18FN3O3/c1-11-8-16(12(10-18)9-13(11)17)23-15(2-4-19-5-6-21)14-3-7-22-20-14/h3,7-9,15,19,21H,2,4-6H2,1H3/t15-/m1/s1. The summed E-state index contributed by atoms with van der Waals surface area (Å²) in [5.41, 5.74) is 1.11. The molecule has 0 aliphatic heterocycles. The molecule has 1 heterocycles. The van der Waals surface area contributed by atoms with Crippen LogP contribution in [0, 0.1) is 24.1 Å². The molecule has 7 heteroatoms. The van der Waals surface area contributed by atoms with Gasteiger partial charge in [-0.1, -0.05) is 5.16 Å². The van der Waals surface area contributed by atoms with Crippen molar-refractivity contribution in [1.29, 1.82) is 5.26 Å². The van der Waals surface area contributed by atoms with Crippen molar-refractivity contribution in [2.75, 3.05) is 19.7 Å². The van der Waals surface area contributed by atoms with Crippen molar-refractivity contribution in [3.05, 3.63) is 47.1 Å². The summed E-state index contributed by atoms with van der Waals surface area (Å²) < 4.78 is 24.3. The number of aliphatic hydroxyl groups excluding tert-OH is 1. The third-order valence-corrected chi connectivity index (χ3v) is 3.31. The molecular weight excluding hydrogens is 301 g/mol. The van der Waals surface area contributed by atoms with Crippen molar-refractivity contribution in [3.63, 3.8) is 0 Å². The molecule has 23 heavy (non-hydrogen) atoms. The smallest absolute Gasteiger partial charge is 0.145 e. The first kappa shape index (κ1) is 16.9. The second-order valence-electron chi connectivity index (χ2n) is 5.00. The fourth-order valence-electron chi connectivity index (χ4n) is 2.09. The highest BCUT2D eigenvalue weighted by Crippen LogP contribution is 2.28. The van der Waals surface area contributed by atoms with Crippen molar-refractivity contribution < 1.29 is 18.8 Å². The van der Waals surface area contributed by atoms with Crippen LogP contribution in [0.1, 0.15) is 29.3 Å². The fraction of sp³-hybridized carbons (Fsp3) is 0.375. The second kappa shape index (κ2) is 8.27. The molecule has 0 fully saturated rings. The topological polar surface area (TPSA) is 91.3 Å². The molecule has 1 aromatic heterocycles. The highest BCUT2D eigenvalue weighted by molar-refractivity contribution is 5.46. The number of ether oxygens (including phenoxy) is 1. The van der Waals surface area contributed by atoms with Gasteiger partial charge in [-0.2, -0.15) is 5.26 Å². The van der Waals surface area contributed by atoms with Crippen LogP contribution in [0.2, 0.25) is 0 Å². The van der Waals surface area contributed by atoms with Gasteiger partial charge in [0.1, 0.15) is 35.7 Å². The average Bonchev–Trinajstić information content (AvgIpc) is 3.07. The first-order chi connectivity index (χ1) is 11.2. The Hall–Kier alpha value is -2.43. The fourth-order valence-corrected chi connectivity index (χ4v) is 2.09. The number of hydrogen-bond acceptors (Lipinski definition) is 6. The summed E-state index contributed by atoms with van der Waals surface area (Å²) in [5.74, 6) is -0.141. The van der Waals surface area contributed by atoms with Crippen LogP contribution in [0.3, 0.4) is 0 Å². The minimum absolute atomic E-state index is 0.0468. The summed E-state index contributed by atoms with van der Waals surface area (Å²) >= 11 is 0. The van der Waals surface area contributed by atoms with Crippen molar-refractivity contribution in [1.82, 2.24) is 10.5 Å². The lowest BCUT2D eigenvalue weighted by Gasteiger charge is -2.18. The highest BCUT2D eigenvalue weighted by Gasteiger charge is 2.19. The first-order valence-electron chi connectivity index (χ1n) is 7.24. The van der Waals surface area contributed by atoms with Crippen molar-refractivity contribution in [2.24, 2.45) is 0 Å². The van der Waals surface area contributed by atoms with Crippen LogP contribution in [0.4, 0.5) is 4.39 Å². The van der Waals surface area contributed by atoms with Gasteiger partial charge >= 0.3 is 0 Å². The lowest BCUT2D eigenvalue weighted by Crippen LogP contribution is -2.23. The Morgan fingerprint density at radius 2 is 2.30 bits per heavy atom. The van der Waals surface area contributed by atoms with Crippen molar-refractivity contribution >= 4 is 0 Å². The Morgan fingerprint density at radius 1 is 1.48 bits per heavy atom. The van der Waals surface area contributed by atoms with Gasteiger partial charge in [-0.25, -0.2) is 4.39 Å². The zero-order valence-electron chi connectivity index (χ0n) is 12.8. The van der Waals surface area contributed by atoms with Gasteiger partial charge in [-0.05, 0) is 31.2 Å². The number of benzene rings is 1. The minimum Gasteiger partial charge on any atom is -0.483 e. The van der Waals surface area contributed by atoms with E-state index in [1.807, 2.05) is 6.07 Å². The van der Waals surface area contributed by atoms with Crippen LogP contribution < -0.4 is 10.1 Å². The molecule has 0 aliphatic rings. The number of halogens is 1. The number of hydrogen-bond donors (Lipinski definition) is 2. The van der Waals surface area contributed by atoms with E-state index in [9.17, 15) is 4.39 Å². The number of aromatic nitrogens is 1. The van der Waals surface area contributed by atoms with Gasteiger partial charge < -0.3 is 19.7 Å². The lowest BCUT2D eigenvalue weighted by molar-refractivity contribution is 0.181. The SMILES string of the molecule is Cc1cc(O[C@H](CCNCCO)c2ccon2)c(C#N)cc1F. The van der Waals surface area contributed by atoms with E-state index >= 15 is 0 Å². The van der Waals surface area contributed by atoms with E-state index in [2.05, 4.69) is 10.5 Å². The van der Waals surface area contributed by atoms with E-state index in [4.69, 9.17) is 19.6 Å². The third kappa shape index (κ3) is 4.52. The van der Waals surface area contributed by atoms with Crippen LogP contribution in [-0.4, -0.2) is 30.0 Å². The van der Waals surface area contributed by atoms with Gasteiger partial charge in [0, 0.05) is 19.0 Å². The average molecular weight is 319 g/mol. The Kier molecular flexibility index (Phi) is 6.09. The predicted molar refractivity (Wildman–Crippen MR) is 80.3 cm³/mol. The molecule has 0 aliphatic carbocycles. The van der Waals surface area contributed by atoms with Crippen LogP contribution in [-0.2, 0) is 0 Å². The number of aryl methyl sites for hydroxylation is 1.